The summed E-state index contributed by atoms with van der Waals surface area (Å²) in [5.74, 6) is -1.79. The zero-order valence-electron chi connectivity index (χ0n) is 15.7. The zero-order chi connectivity index (χ0) is 18.7. The van der Waals surface area contributed by atoms with Gasteiger partial charge in [-0.2, -0.15) is 0 Å². The predicted octanol–water partition coefficient (Wildman–Crippen LogP) is 4.60. The molecule has 0 heterocycles. The molecule has 0 aliphatic heterocycles. The summed E-state index contributed by atoms with van der Waals surface area (Å²) in [5.41, 5.74) is 2.59. The molecule has 1 saturated carbocycles. The Labute approximate surface area is 155 Å². The molecule has 0 saturated heterocycles. The van der Waals surface area contributed by atoms with E-state index < -0.39 is 18.8 Å². The summed E-state index contributed by atoms with van der Waals surface area (Å²) in [6, 6.07) is 0. The molecule has 0 radical (unpaired) electrons. The first kappa shape index (κ1) is 19.6. The van der Waals surface area contributed by atoms with Gasteiger partial charge in [0.25, 0.3) is 0 Å². The summed E-state index contributed by atoms with van der Waals surface area (Å²) in [4.78, 5) is 0. The Morgan fingerprint density at radius 1 is 1.04 bits per heavy atom. The molecule has 0 aromatic heterocycles. The lowest BCUT2D eigenvalue weighted by Crippen LogP contribution is -2.39. The third-order valence-electron chi connectivity index (χ3n) is 5.95. The Balaban J connectivity index is 2.28. The maximum Gasteiger partial charge on any atom is 0.491 e. The van der Waals surface area contributed by atoms with Crippen molar-refractivity contribution in [3.8, 4) is 0 Å². The van der Waals surface area contributed by atoms with Gasteiger partial charge in [-0.25, -0.2) is 8.78 Å². The van der Waals surface area contributed by atoms with Crippen molar-refractivity contribution in [2.45, 2.75) is 83.5 Å². The van der Waals surface area contributed by atoms with Crippen molar-refractivity contribution in [3.05, 3.63) is 34.4 Å². The second-order valence-electron chi connectivity index (χ2n) is 7.74. The van der Waals surface area contributed by atoms with Crippen LogP contribution in [0.5, 0.6) is 0 Å². The fourth-order valence-electron chi connectivity index (χ4n) is 4.78. The van der Waals surface area contributed by atoms with E-state index in [-0.39, 0.29) is 11.4 Å². The Bertz CT molecular complexity index is 679. The summed E-state index contributed by atoms with van der Waals surface area (Å²) in [7, 11) is -1.98. The average molecular weight is 362 g/mol. The van der Waals surface area contributed by atoms with Crippen LogP contribution in [0.25, 0.3) is 5.57 Å². The minimum absolute atomic E-state index is 0.177. The van der Waals surface area contributed by atoms with Crippen LogP contribution in [0.15, 0.2) is 6.08 Å². The summed E-state index contributed by atoms with van der Waals surface area (Å²) >= 11 is 0. The van der Waals surface area contributed by atoms with Crippen molar-refractivity contribution < 1.29 is 18.8 Å². The van der Waals surface area contributed by atoms with Crippen LogP contribution in [0.3, 0.4) is 0 Å². The quantitative estimate of drug-likeness (QED) is 0.752. The molecular formula is C21H29BF2O2. The standard InChI is InChI=1S/C21H29BF2O2/c1-2-9-16-17(14-10-5-3-6-11-14)18(15-12-7-4-8-13-15)20(23)21(24)19(16)22(25)26/h12,14,25-26H,2-11,13H2,1H3. The van der Waals surface area contributed by atoms with Gasteiger partial charge in [0.2, 0.25) is 0 Å². The molecule has 1 aromatic rings. The summed E-state index contributed by atoms with van der Waals surface area (Å²) in [6.07, 6.45) is 12.4. The number of allylic oxidation sites excluding steroid dienone is 2. The van der Waals surface area contributed by atoms with E-state index >= 15 is 4.39 Å². The second kappa shape index (κ2) is 8.66. The van der Waals surface area contributed by atoms with Crippen LogP contribution in [0.2, 0.25) is 0 Å². The monoisotopic (exact) mass is 362 g/mol. The first-order chi connectivity index (χ1) is 12.6. The number of rotatable bonds is 5. The van der Waals surface area contributed by atoms with E-state index in [4.69, 9.17) is 0 Å². The van der Waals surface area contributed by atoms with Gasteiger partial charge < -0.3 is 10.0 Å². The zero-order valence-corrected chi connectivity index (χ0v) is 15.7. The highest BCUT2D eigenvalue weighted by atomic mass is 19.2. The highest BCUT2D eigenvalue weighted by Gasteiger charge is 2.34. The van der Waals surface area contributed by atoms with Crippen LogP contribution in [0, 0.1) is 11.6 Å². The third kappa shape index (κ3) is 3.75. The van der Waals surface area contributed by atoms with E-state index in [1.807, 2.05) is 6.92 Å². The molecule has 142 valence electrons. The molecule has 2 nitrogen and oxygen atoms in total. The molecule has 0 spiro atoms. The topological polar surface area (TPSA) is 40.5 Å². The molecule has 2 N–H and O–H groups in total. The summed E-state index contributed by atoms with van der Waals surface area (Å²) in [5, 5.41) is 19.6. The van der Waals surface area contributed by atoms with E-state index in [0.717, 1.165) is 68.9 Å². The van der Waals surface area contributed by atoms with Crippen LogP contribution >= 0.6 is 0 Å². The second-order valence-corrected chi connectivity index (χ2v) is 7.74. The number of benzene rings is 1. The Morgan fingerprint density at radius 3 is 2.35 bits per heavy atom. The smallest absolute Gasteiger partial charge is 0.423 e. The lowest BCUT2D eigenvalue weighted by atomic mass is 9.68. The van der Waals surface area contributed by atoms with Crippen LogP contribution < -0.4 is 5.46 Å². The minimum atomic E-state index is -1.98. The van der Waals surface area contributed by atoms with E-state index in [1.54, 1.807) is 0 Å². The van der Waals surface area contributed by atoms with Crippen molar-refractivity contribution in [3.63, 3.8) is 0 Å². The van der Waals surface area contributed by atoms with Gasteiger partial charge in [0.1, 0.15) is 0 Å². The first-order valence-electron chi connectivity index (χ1n) is 10.1. The number of hydrogen-bond donors (Lipinski definition) is 2. The van der Waals surface area contributed by atoms with Gasteiger partial charge in [0.05, 0.1) is 0 Å². The largest absolute Gasteiger partial charge is 0.491 e. The lowest BCUT2D eigenvalue weighted by Gasteiger charge is -2.30. The van der Waals surface area contributed by atoms with Crippen molar-refractivity contribution >= 4 is 18.2 Å². The molecule has 0 amide bonds. The van der Waals surface area contributed by atoms with E-state index in [9.17, 15) is 14.4 Å². The fourth-order valence-corrected chi connectivity index (χ4v) is 4.78. The maximum absolute atomic E-state index is 15.2. The van der Waals surface area contributed by atoms with Crippen molar-refractivity contribution in [1.29, 1.82) is 0 Å². The molecule has 1 fully saturated rings. The van der Waals surface area contributed by atoms with E-state index in [0.29, 0.717) is 17.5 Å². The SMILES string of the molecule is CCCc1c(B(O)O)c(F)c(F)c(C2=CCCCC2)c1C1CCCCC1. The predicted molar refractivity (Wildman–Crippen MR) is 102 cm³/mol. The maximum atomic E-state index is 15.2. The summed E-state index contributed by atoms with van der Waals surface area (Å²) in [6.45, 7) is 1.99. The highest BCUT2D eigenvalue weighted by molar-refractivity contribution is 6.59. The molecule has 3 rings (SSSR count). The molecule has 0 atom stereocenters. The molecule has 26 heavy (non-hydrogen) atoms. The molecule has 0 unspecified atom stereocenters. The molecular weight excluding hydrogens is 333 g/mol. The van der Waals surface area contributed by atoms with Crippen molar-refractivity contribution in [2.75, 3.05) is 0 Å². The lowest BCUT2D eigenvalue weighted by molar-refractivity contribution is 0.415. The Hall–Kier alpha value is -1.20. The molecule has 2 aliphatic carbocycles. The third-order valence-corrected chi connectivity index (χ3v) is 5.95. The molecule has 5 heteroatoms. The van der Waals surface area contributed by atoms with Gasteiger partial charge in [-0.15, -0.1) is 0 Å². The average Bonchev–Trinajstić information content (AvgIpc) is 2.65. The normalized spacial score (nSPS) is 18.7. The van der Waals surface area contributed by atoms with Crippen LogP contribution in [-0.4, -0.2) is 17.2 Å². The number of hydrogen-bond acceptors (Lipinski definition) is 2. The molecule has 1 aromatic carbocycles. The first-order valence-corrected chi connectivity index (χ1v) is 10.1. The van der Waals surface area contributed by atoms with Crippen LogP contribution in [0.1, 0.15) is 93.7 Å². The van der Waals surface area contributed by atoms with Gasteiger partial charge in [-0.3, -0.25) is 0 Å². The van der Waals surface area contributed by atoms with E-state index in [1.165, 1.54) is 6.42 Å². The van der Waals surface area contributed by atoms with Crippen molar-refractivity contribution in [2.24, 2.45) is 0 Å². The van der Waals surface area contributed by atoms with Crippen LogP contribution in [0.4, 0.5) is 8.78 Å². The fraction of sp³-hybridized carbons (Fsp3) is 0.619. The minimum Gasteiger partial charge on any atom is -0.423 e. The van der Waals surface area contributed by atoms with Gasteiger partial charge in [-0.1, -0.05) is 38.7 Å². The van der Waals surface area contributed by atoms with E-state index in [2.05, 4.69) is 6.08 Å². The molecule has 2 aliphatic rings. The van der Waals surface area contributed by atoms with Gasteiger partial charge in [0, 0.05) is 11.0 Å². The van der Waals surface area contributed by atoms with Crippen molar-refractivity contribution in [1.82, 2.24) is 0 Å². The Morgan fingerprint density at radius 2 is 1.77 bits per heavy atom. The van der Waals surface area contributed by atoms with Crippen LogP contribution in [-0.2, 0) is 6.42 Å². The van der Waals surface area contributed by atoms with Gasteiger partial charge >= 0.3 is 7.12 Å². The molecule has 0 bridgehead atoms. The van der Waals surface area contributed by atoms with Gasteiger partial charge in [-0.05, 0) is 67.6 Å². The van der Waals surface area contributed by atoms with Gasteiger partial charge in [0.15, 0.2) is 11.6 Å². The summed E-state index contributed by atoms with van der Waals surface area (Å²) < 4.78 is 30.1. The number of halogens is 2. The highest BCUT2D eigenvalue weighted by Crippen LogP contribution is 2.42. The Kier molecular flexibility index (Phi) is 6.52.